The Morgan fingerprint density at radius 3 is 2.74 bits per heavy atom. The lowest BCUT2D eigenvalue weighted by atomic mass is 9.98. The molecule has 1 unspecified atom stereocenters. The summed E-state index contributed by atoms with van der Waals surface area (Å²) < 4.78 is 16.6. The summed E-state index contributed by atoms with van der Waals surface area (Å²) in [6.07, 6.45) is 4.48. The van der Waals surface area contributed by atoms with Gasteiger partial charge in [0.2, 0.25) is 11.8 Å². The molecule has 1 aromatic heterocycles. The van der Waals surface area contributed by atoms with E-state index in [1.807, 2.05) is 18.2 Å². The molecular weight excluding hydrogens is 348 g/mol. The van der Waals surface area contributed by atoms with Crippen molar-refractivity contribution in [2.24, 2.45) is 5.73 Å². The number of nitrogens with zero attached hydrogens (tertiary/aromatic N) is 3. The van der Waals surface area contributed by atoms with E-state index in [9.17, 15) is 4.79 Å². The van der Waals surface area contributed by atoms with Crippen molar-refractivity contribution in [3.8, 4) is 11.5 Å². The molecule has 2 fully saturated rings. The number of amides is 1. The molecule has 0 spiro atoms. The average molecular weight is 370 g/mol. The Morgan fingerprint density at radius 2 is 1.93 bits per heavy atom. The lowest BCUT2D eigenvalue weighted by Crippen LogP contribution is -2.34. The van der Waals surface area contributed by atoms with Crippen LogP contribution in [0.1, 0.15) is 49.7 Å². The molecule has 1 aliphatic carbocycles. The van der Waals surface area contributed by atoms with Gasteiger partial charge in [-0.2, -0.15) is 4.98 Å². The quantitative estimate of drug-likeness (QED) is 0.882. The van der Waals surface area contributed by atoms with Crippen LogP contribution in [0.15, 0.2) is 22.7 Å². The van der Waals surface area contributed by atoms with Gasteiger partial charge in [-0.25, -0.2) is 0 Å². The number of aromatic nitrogens is 2. The van der Waals surface area contributed by atoms with Crippen molar-refractivity contribution in [2.75, 3.05) is 24.7 Å². The minimum atomic E-state index is -0.515. The maximum atomic E-state index is 13.0. The number of rotatable bonds is 3. The predicted octanol–water partition coefficient (Wildman–Crippen LogP) is 2.09. The van der Waals surface area contributed by atoms with Crippen molar-refractivity contribution in [3.63, 3.8) is 0 Å². The van der Waals surface area contributed by atoms with Crippen molar-refractivity contribution in [3.05, 3.63) is 29.9 Å². The summed E-state index contributed by atoms with van der Waals surface area (Å²) in [5, 5.41) is 4.09. The van der Waals surface area contributed by atoms with E-state index in [0.29, 0.717) is 49.4 Å². The van der Waals surface area contributed by atoms with Crippen LogP contribution in [-0.2, 0) is 10.3 Å². The number of nitrogens with two attached hydrogens (primary N) is 1. The van der Waals surface area contributed by atoms with Gasteiger partial charge in [0.15, 0.2) is 17.3 Å². The summed E-state index contributed by atoms with van der Waals surface area (Å²) in [6.45, 7) is 1.65. The van der Waals surface area contributed by atoms with Crippen LogP contribution < -0.4 is 20.1 Å². The number of benzene rings is 1. The molecule has 2 N–H and O–H groups in total. The predicted molar refractivity (Wildman–Crippen MR) is 95.8 cm³/mol. The summed E-state index contributed by atoms with van der Waals surface area (Å²) in [5.41, 5.74) is 6.68. The molecule has 1 saturated carbocycles. The molecule has 8 nitrogen and oxygen atoms in total. The van der Waals surface area contributed by atoms with Gasteiger partial charge in [-0.15, -0.1) is 0 Å². The van der Waals surface area contributed by atoms with E-state index in [0.717, 1.165) is 31.4 Å². The highest BCUT2D eigenvalue weighted by atomic mass is 16.6. The second-order valence-electron chi connectivity index (χ2n) is 7.48. The maximum absolute atomic E-state index is 13.0. The number of carbonyl (C=O) groups excluding carboxylic acids is 1. The zero-order chi connectivity index (χ0) is 18.4. The maximum Gasteiger partial charge on any atom is 0.239 e. The molecule has 5 rings (SSSR count). The topological polar surface area (TPSA) is 104 Å². The standard InChI is InChI=1S/C19H22N4O4/c20-19(6-1-2-7-19)18-21-16(27-22-18)13-5-8-23(17(13)24)12-3-4-14-15(11-12)26-10-9-25-14/h3-4,11,13H,1-2,5-10,20H2. The smallest absolute Gasteiger partial charge is 0.239 e. The minimum absolute atomic E-state index is 0.0422. The third kappa shape index (κ3) is 2.75. The fraction of sp³-hybridized carbons (Fsp3) is 0.526. The van der Waals surface area contributed by atoms with E-state index in [2.05, 4.69) is 10.1 Å². The Balaban J connectivity index is 1.37. The first-order valence-corrected chi connectivity index (χ1v) is 9.48. The van der Waals surface area contributed by atoms with Crippen LogP contribution in [0.3, 0.4) is 0 Å². The van der Waals surface area contributed by atoms with E-state index in [-0.39, 0.29) is 5.91 Å². The van der Waals surface area contributed by atoms with Crippen molar-refractivity contribution in [2.45, 2.75) is 43.6 Å². The van der Waals surface area contributed by atoms with E-state index >= 15 is 0 Å². The summed E-state index contributed by atoms with van der Waals surface area (Å²) in [5.74, 6) is 1.80. The molecule has 2 aliphatic heterocycles. The van der Waals surface area contributed by atoms with Crippen LogP contribution in [0.4, 0.5) is 5.69 Å². The number of ether oxygens (including phenoxy) is 2. The molecule has 1 amide bonds. The molecule has 0 radical (unpaired) electrons. The van der Waals surface area contributed by atoms with Gasteiger partial charge in [-0.1, -0.05) is 18.0 Å². The minimum Gasteiger partial charge on any atom is -0.486 e. The van der Waals surface area contributed by atoms with Crippen molar-refractivity contribution in [1.29, 1.82) is 0 Å². The van der Waals surface area contributed by atoms with Crippen LogP contribution in [0.2, 0.25) is 0 Å². The average Bonchev–Trinajstić information content (AvgIpc) is 3.41. The Labute approximate surface area is 156 Å². The second kappa shape index (κ2) is 6.23. The van der Waals surface area contributed by atoms with E-state index in [4.69, 9.17) is 19.7 Å². The second-order valence-corrected chi connectivity index (χ2v) is 7.48. The van der Waals surface area contributed by atoms with Gasteiger partial charge in [0.25, 0.3) is 0 Å². The van der Waals surface area contributed by atoms with Crippen molar-refractivity contribution < 1.29 is 18.8 Å². The molecule has 1 atom stereocenters. The Morgan fingerprint density at radius 1 is 1.15 bits per heavy atom. The molecule has 3 aliphatic rings. The van der Waals surface area contributed by atoms with Gasteiger partial charge in [0.05, 0.1) is 5.54 Å². The SMILES string of the molecule is NC1(c2noc(C3CCN(c4ccc5c(c4)OCCO5)C3=O)n2)CCCC1. The zero-order valence-electron chi connectivity index (χ0n) is 15.0. The first-order valence-electron chi connectivity index (χ1n) is 9.48. The molecular formula is C19H22N4O4. The van der Waals surface area contributed by atoms with Crippen LogP contribution in [-0.4, -0.2) is 35.8 Å². The van der Waals surface area contributed by atoms with Crippen LogP contribution >= 0.6 is 0 Å². The first kappa shape index (κ1) is 16.6. The Hall–Kier alpha value is -2.61. The van der Waals surface area contributed by atoms with Gasteiger partial charge in [-0.3, -0.25) is 4.79 Å². The largest absolute Gasteiger partial charge is 0.486 e. The number of hydrogen-bond donors (Lipinski definition) is 1. The van der Waals surface area contributed by atoms with Crippen LogP contribution in [0, 0.1) is 0 Å². The monoisotopic (exact) mass is 370 g/mol. The third-order valence-electron chi connectivity index (χ3n) is 5.72. The fourth-order valence-electron chi connectivity index (χ4n) is 4.17. The molecule has 3 heterocycles. The Kier molecular flexibility index (Phi) is 3.82. The molecule has 27 heavy (non-hydrogen) atoms. The molecule has 1 saturated heterocycles. The van der Waals surface area contributed by atoms with Gasteiger partial charge in [0.1, 0.15) is 19.1 Å². The molecule has 0 bridgehead atoms. The molecule has 1 aromatic carbocycles. The number of fused-ring (bicyclic) bond motifs is 1. The molecule has 2 aromatic rings. The van der Waals surface area contributed by atoms with Crippen LogP contribution in [0.5, 0.6) is 11.5 Å². The summed E-state index contributed by atoms with van der Waals surface area (Å²) >= 11 is 0. The number of hydrogen-bond acceptors (Lipinski definition) is 7. The fourth-order valence-corrected chi connectivity index (χ4v) is 4.17. The highest BCUT2D eigenvalue weighted by Gasteiger charge is 2.41. The van der Waals surface area contributed by atoms with E-state index in [1.54, 1.807) is 4.90 Å². The lowest BCUT2D eigenvalue weighted by molar-refractivity contribution is -0.118. The Bertz CT molecular complexity index is 874. The number of carbonyl (C=O) groups is 1. The third-order valence-corrected chi connectivity index (χ3v) is 5.72. The van der Waals surface area contributed by atoms with E-state index in [1.165, 1.54) is 0 Å². The van der Waals surface area contributed by atoms with Gasteiger partial charge in [0, 0.05) is 18.3 Å². The first-order chi connectivity index (χ1) is 13.1. The van der Waals surface area contributed by atoms with E-state index < -0.39 is 11.5 Å². The highest BCUT2D eigenvalue weighted by Crippen LogP contribution is 2.39. The van der Waals surface area contributed by atoms with Crippen molar-refractivity contribution >= 4 is 11.6 Å². The summed E-state index contributed by atoms with van der Waals surface area (Å²) in [6, 6.07) is 5.56. The number of anilines is 1. The van der Waals surface area contributed by atoms with Crippen molar-refractivity contribution in [1.82, 2.24) is 10.1 Å². The molecule has 8 heteroatoms. The van der Waals surface area contributed by atoms with Gasteiger partial charge < -0.3 is 24.6 Å². The summed E-state index contributed by atoms with van der Waals surface area (Å²) in [7, 11) is 0. The molecule has 142 valence electrons. The lowest BCUT2D eigenvalue weighted by Gasteiger charge is -2.22. The van der Waals surface area contributed by atoms with Gasteiger partial charge >= 0.3 is 0 Å². The highest BCUT2D eigenvalue weighted by molar-refractivity contribution is 6.00. The zero-order valence-corrected chi connectivity index (χ0v) is 15.0. The normalized spacial score (nSPS) is 23.8. The van der Waals surface area contributed by atoms with Crippen LogP contribution in [0.25, 0.3) is 0 Å². The van der Waals surface area contributed by atoms with Gasteiger partial charge in [-0.05, 0) is 31.4 Å². The summed E-state index contributed by atoms with van der Waals surface area (Å²) in [4.78, 5) is 19.2.